The molecule has 0 atom stereocenters. The molecule has 0 unspecified atom stereocenters. The molecule has 2 aromatic carbocycles. The lowest BCUT2D eigenvalue weighted by atomic mass is 10.1. The van der Waals surface area contributed by atoms with Gasteiger partial charge >= 0.3 is 0 Å². The summed E-state index contributed by atoms with van der Waals surface area (Å²) >= 11 is 0. The molecule has 0 fully saturated rings. The Morgan fingerprint density at radius 1 is 1.19 bits per heavy atom. The molecule has 0 heterocycles. The maximum atomic E-state index is 10.8. The molecule has 110 valence electrons. The van der Waals surface area contributed by atoms with Gasteiger partial charge in [-0.15, -0.1) is 0 Å². The molecular weight excluding hydrogens is 272 g/mol. The second-order valence-electron chi connectivity index (χ2n) is 4.45. The van der Waals surface area contributed by atoms with Gasteiger partial charge in [0, 0.05) is 11.6 Å². The first-order valence-corrected chi connectivity index (χ1v) is 6.34. The lowest BCUT2D eigenvalue weighted by Crippen LogP contribution is -2.02. The minimum atomic E-state index is -0.499. The van der Waals surface area contributed by atoms with Crippen LogP contribution in [0.25, 0.3) is 0 Å². The lowest BCUT2D eigenvalue weighted by Gasteiger charge is -2.08. The summed E-state index contributed by atoms with van der Waals surface area (Å²) in [5.41, 5.74) is 7.38. The summed E-state index contributed by atoms with van der Waals surface area (Å²) in [4.78, 5) is 10.3. The van der Waals surface area contributed by atoms with Crippen molar-refractivity contribution in [2.45, 2.75) is 13.2 Å². The summed E-state index contributed by atoms with van der Waals surface area (Å²) in [5.74, 6) is 0.756. The molecule has 2 rings (SSSR count). The number of anilines is 1. The SMILES string of the molecule is COc1cccc(COCc2cccc([N+](=O)[O-])c2N)c1. The molecule has 0 radical (unpaired) electrons. The van der Waals surface area contributed by atoms with Crippen LogP contribution in [0.4, 0.5) is 11.4 Å². The molecule has 0 aliphatic carbocycles. The van der Waals surface area contributed by atoms with Gasteiger partial charge in [-0.05, 0) is 17.7 Å². The summed E-state index contributed by atoms with van der Waals surface area (Å²) in [6.07, 6.45) is 0. The molecule has 0 saturated carbocycles. The number of nitrogens with two attached hydrogens (primary N) is 1. The van der Waals surface area contributed by atoms with E-state index in [1.807, 2.05) is 24.3 Å². The van der Waals surface area contributed by atoms with Crippen LogP contribution in [0.1, 0.15) is 11.1 Å². The van der Waals surface area contributed by atoms with Crippen LogP contribution in [0.2, 0.25) is 0 Å². The molecule has 2 N–H and O–H groups in total. The normalized spacial score (nSPS) is 10.3. The van der Waals surface area contributed by atoms with E-state index in [1.54, 1.807) is 19.2 Å². The number of para-hydroxylation sites is 1. The molecule has 0 saturated heterocycles. The molecule has 6 nitrogen and oxygen atoms in total. The van der Waals surface area contributed by atoms with E-state index in [0.717, 1.165) is 11.3 Å². The van der Waals surface area contributed by atoms with Crippen molar-refractivity contribution < 1.29 is 14.4 Å². The Labute approximate surface area is 122 Å². The molecule has 0 spiro atoms. The van der Waals surface area contributed by atoms with Gasteiger partial charge in [-0.1, -0.05) is 24.3 Å². The van der Waals surface area contributed by atoms with E-state index in [9.17, 15) is 10.1 Å². The van der Waals surface area contributed by atoms with Crippen LogP contribution in [0.5, 0.6) is 5.75 Å². The maximum Gasteiger partial charge on any atom is 0.292 e. The van der Waals surface area contributed by atoms with Crippen molar-refractivity contribution in [2.24, 2.45) is 0 Å². The van der Waals surface area contributed by atoms with Gasteiger partial charge in [0.2, 0.25) is 0 Å². The van der Waals surface area contributed by atoms with Crippen molar-refractivity contribution in [2.75, 3.05) is 12.8 Å². The van der Waals surface area contributed by atoms with E-state index in [1.165, 1.54) is 6.07 Å². The van der Waals surface area contributed by atoms with Gasteiger partial charge < -0.3 is 15.2 Å². The third kappa shape index (κ3) is 3.70. The molecule has 2 aromatic rings. The number of benzene rings is 2. The van der Waals surface area contributed by atoms with Crippen LogP contribution < -0.4 is 10.5 Å². The number of ether oxygens (including phenoxy) is 2. The Kier molecular flexibility index (Phi) is 4.73. The number of nitrogen functional groups attached to an aromatic ring is 1. The summed E-state index contributed by atoms with van der Waals surface area (Å²) in [6, 6.07) is 12.2. The van der Waals surface area contributed by atoms with Gasteiger partial charge in [0.1, 0.15) is 11.4 Å². The predicted octanol–water partition coefficient (Wildman–Crippen LogP) is 2.90. The lowest BCUT2D eigenvalue weighted by molar-refractivity contribution is -0.384. The Balaban J connectivity index is 2.00. The number of methoxy groups -OCH3 is 1. The third-order valence-corrected chi connectivity index (χ3v) is 3.03. The maximum absolute atomic E-state index is 10.8. The third-order valence-electron chi connectivity index (χ3n) is 3.03. The average Bonchev–Trinajstić information content (AvgIpc) is 2.49. The van der Waals surface area contributed by atoms with E-state index >= 15 is 0 Å². The quantitative estimate of drug-likeness (QED) is 0.501. The number of rotatable bonds is 6. The zero-order chi connectivity index (χ0) is 15.2. The predicted molar refractivity (Wildman–Crippen MR) is 79.0 cm³/mol. The molecule has 0 aliphatic heterocycles. The average molecular weight is 288 g/mol. The van der Waals surface area contributed by atoms with Gasteiger partial charge in [-0.25, -0.2) is 0 Å². The van der Waals surface area contributed by atoms with Crippen LogP contribution in [-0.2, 0) is 18.0 Å². The molecular formula is C15H16N2O4. The molecule has 0 amide bonds. The smallest absolute Gasteiger partial charge is 0.292 e. The number of nitro groups is 1. The molecule has 0 aliphatic rings. The fraction of sp³-hybridized carbons (Fsp3) is 0.200. The largest absolute Gasteiger partial charge is 0.497 e. The zero-order valence-electron chi connectivity index (χ0n) is 11.6. The monoisotopic (exact) mass is 288 g/mol. The highest BCUT2D eigenvalue weighted by molar-refractivity contribution is 5.62. The fourth-order valence-corrected chi connectivity index (χ4v) is 1.93. The fourth-order valence-electron chi connectivity index (χ4n) is 1.93. The highest BCUT2D eigenvalue weighted by Crippen LogP contribution is 2.25. The number of hydrogen-bond donors (Lipinski definition) is 1. The van der Waals surface area contributed by atoms with E-state index in [-0.39, 0.29) is 18.0 Å². The number of nitro benzene ring substituents is 1. The van der Waals surface area contributed by atoms with Crippen molar-refractivity contribution in [1.82, 2.24) is 0 Å². The van der Waals surface area contributed by atoms with Gasteiger partial charge in [-0.2, -0.15) is 0 Å². The standard InChI is InChI=1S/C15H16N2O4/c1-20-13-6-2-4-11(8-13)9-21-10-12-5-3-7-14(15(12)16)17(18)19/h2-8H,9-10,16H2,1H3. The second-order valence-corrected chi connectivity index (χ2v) is 4.45. The first-order valence-electron chi connectivity index (χ1n) is 6.34. The summed E-state index contributed by atoms with van der Waals surface area (Å²) in [7, 11) is 1.60. The Hall–Kier alpha value is -2.60. The van der Waals surface area contributed by atoms with Crippen LogP contribution in [0.3, 0.4) is 0 Å². The van der Waals surface area contributed by atoms with Gasteiger partial charge in [0.15, 0.2) is 0 Å². The van der Waals surface area contributed by atoms with Crippen LogP contribution in [0.15, 0.2) is 42.5 Å². The molecule has 21 heavy (non-hydrogen) atoms. The Morgan fingerprint density at radius 2 is 1.95 bits per heavy atom. The van der Waals surface area contributed by atoms with Crippen molar-refractivity contribution in [3.05, 3.63) is 63.7 Å². The van der Waals surface area contributed by atoms with Gasteiger partial charge in [-0.3, -0.25) is 10.1 Å². The highest BCUT2D eigenvalue weighted by atomic mass is 16.6. The molecule has 0 aromatic heterocycles. The molecule has 6 heteroatoms. The zero-order valence-corrected chi connectivity index (χ0v) is 11.6. The number of nitrogens with zero attached hydrogens (tertiary/aromatic N) is 1. The van der Waals surface area contributed by atoms with Gasteiger partial charge in [0.05, 0.1) is 25.2 Å². The first-order chi connectivity index (χ1) is 10.1. The Morgan fingerprint density at radius 3 is 2.67 bits per heavy atom. The number of hydrogen-bond acceptors (Lipinski definition) is 5. The summed E-state index contributed by atoms with van der Waals surface area (Å²) in [5, 5.41) is 10.8. The second kappa shape index (κ2) is 6.71. The molecule has 0 bridgehead atoms. The van der Waals surface area contributed by atoms with Crippen LogP contribution in [0, 0.1) is 10.1 Å². The highest BCUT2D eigenvalue weighted by Gasteiger charge is 2.14. The van der Waals surface area contributed by atoms with Crippen molar-refractivity contribution in [3.63, 3.8) is 0 Å². The van der Waals surface area contributed by atoms with Crippen molar-refractivity contribution >= 4 is 11.4 Å². The first kappa shape index (κ1) is 14.8. The van der Waals surface area contributed by atoms with Gasteiger partial charge in [0.25, 0.3) is 5.69 Å². The van der Waals surface area contributed by atoms with Crippen molar-refractivity contribution in [3.8, 4) is 5.75 Å². The Bertz CT molecular complexity index is 643. The van der Waals surface area contributed by atoms with E-state index in [4.69, 9.17) is 15.2 Å². The van der Waals surface area contributed by atoms with E-state index in [2.05, 4.69) is 0 Å². The summed E-state index contributed by atoms with van der Waals surface area (Å²) < 4.78 is 10.7. The van der Waals surface area contributed by atoms with Crippen LogP contribution in [-0.4, -0.2) is 12.0 Å². The van der Waals surface area contributed by atoms with E-state index < -0.39 is 4.92 Å². The minimum Gasteiger partial charge on any atom is -0.497 e. The summed E-state index contributed by atoms with van der Waals surface area (Å²) in [6.45, 7) is 0.587. The topological polar surface area (TPSA) is 87.6 Å². The van der Waals surface area contributed by atoms with Crippen molar-refractivity contribution in [1.29, 1.82) is 0 Å². The van der Waals surface area contributed by atoms with Crippen LogP contribution >= 0.6 is 0 Å². The minimum absolute atomic E-state index is 0.0996. The van der Waals surface area contributed by atoms with E-state index in [0.29, 0.717) is 12.2 Å².